The van der Waals surface area contributed by atoms with Crippen molar-refractivity contribution in [2.45, 2.75) is 40.0 Å². The number of amides is 1. The van der Waals surface area contributed by atoms with Gasteiger partial charge in [-0.1, -0.05) is 35.3 Å². The molecule has 0 aromatic heterocycles. The van der Waals surface area contributed by atoms with Crippen molar-refractivity contribution in [2.75, 3.05) is 0 Å². The largest absolute Gasteiger partial charge is 0.271 e. The third kappa shape index (κ3) is 4.61. The van der Waals surface area contributed by atoms with Gasteiger partial charge in [-0.05, 0) is 44.4 Å². The van der Waals surface area contributed by atoms with Crippen molar-refractivity contribution < 1.29 is 4.79 Å². The molecule has 0 spiro atoms. The Morgan fingerprint density at radius 3 is 2.78 bits per heavy atom. The van der Waals surface area contributed by atoms with E-state index in [0.717, 1.165) is 35.0 Å². The van der Waals surface area contributed by atoms with Crippen LogP contribution in [0.25, 0.3) is 0 Å². The van der Waals surface area contributed by atoms with Gasteiger partial charge in [-0.25, -0.2) is 5.43 Å². The molecule has 0 aliphatic carbocycles. The van der Waals surface area contributed by atoms with Gasteiger partial charge in [0.1, 0.15) is 0 Å². The number of benzene rings is 1. The van der Waals surface area contributed by atoms with Crippen LogP contribution in [0.5, 0.6) is 0 Å². The van der Waals surface area contributed by atoms with Gasteiger partial charge in [0.15, 0.2) is 0 Å². The molecule has 3 nitrogen and oxygen atoms in total. The third-order valence-corrected chi connectivity index (χ3v) is 3.53. The van der Waals surface area contributed by atoms with Crippen LogP contribution in [0, 0.1) is 6.92 Å². The van der Waals surface area contributed by atoms with E-state index < -0.39 is 0 Å². The number of nitrogens with zero attached hydrogens (tertiary/aromatic N) is 1. The standard InChI is InChI=1S/C14H19BrN2O/c1-4-5-6-11(3)16-17-14(18)12-8-7-10(2)13(15)9-12/h7-9H,4-6H2,1-3H3,(H,17,18). The maximum absolute atomic E-state index is 11.8. The minimum absolute atomic E-state index is 0.174. The van der Waals surface area contributed by atoms with Crippen LogP contribution in [0.15, 0.2) is 27.8 Å². The first kappa shape index (κ1) is 14.9. The average Bonchev–Trinajstić information content (AvgIpc) is 2.36. The van der Waals surface area contributed by atoms with E-state index in [9.17, 15) is 4.79 Å². The van der Waals surface area contributed by atoms with E-state index in [4.69, 9.17) is 0 Å². The zero-order chi connectivity index (χ0) is 13.5. The zero-order valence-electron chi connectivity index (χ0n) is 11.1. The number of hydrazone groups is 1. The molecular weight excluding hydrogens is 292 g/mol. The molecule has 1 amide bonds. The Kier molecular flexibility index (Phi) is 6.05. The first-order chi connectivity index (χ1) is 8.54. The normalized spacial score (nSPS) is 11.4. The second-order valence-corrected chi connectivity index (χ2v) is 5.21. The smallest absolute Gasteiger partial charge is 0.267 e. The highest BCUT2D eigenvalue weighted by atomic mass is 79.9. The van der Waals surface area contributed by atoms with E-state index in [-0.39, 0.29) is 5.91 Å². The minimum Gasteiger partial charge on any atom is -0.267 e. The lowest BCUT2D eigenvalue weighted by Gasteiger charge is -2.04. The predicted octanol–water partition coefficient (Wildman–Crippen LogP) is 4.05. The minimum atomic E-state index is -0.174. The number of unbranched alkanes of at least 4 members (excludes halogenated alkanes) is 1. The second kappa shape index (κ2) is 7.31. The Hall–Kier alpha value is -1.16. The lowest BCUT2D eigenvalue weighted by molar-refractivity contribution is 0.0954. The first-order valence-corrected chi connectivity index (χ1v) is 6.93. The van der Waals surface area contributed by atoms with E-state index in [0.29, 0.717) is 5.56 Å². The van der Waals surface area contributed by atoms with Crippen LogP contribution in [-0.2, 0) is 0 Å². The molecule has 0 saturated carbocycles. The molecule has 1 rings (SSSR count). The Morgan fingerprint density at radius 2 is 2.17 bits per heavy atom. The van der Waals surface area contributed by atoms with Crippen LogP contribution in [0.2, 0.25) is 0 Å². The molecule has 1 aromatic carbocycles. The van der Waals surface area contributed by atoms with Crippen molar-refractivity contribution >= 4 is 27.5 Å². The quantitative estimate of drug-likeness (QED) is 0.647. The van der Waals surface area contributed by atoms with Gasteiger partial charge in [0.2, 0.25) is 0 Å². The van der Waals surface area contributed by atoms with Gasteiger partial charge in [-0.2, -0.15) is 5.10 Å². The van der Waals surface area contributed by atoms with Crippen LogP contribution in [0.1, 0.15) is 49.0 Å². The van der Waals surface area contributed by atoms with Crippen LogP contribution >= 0.6 is 15.9 Å². The van der Waals surface area contributed by atoms with Crippen molar-refractivity contribution in [3.8, 4) is 0 Å². The molecule has 98 valence electrons. The number of halogens is 1. The van der Waals surface area contributed by atoms with E-state index >= 15 is 0 Å². The van der Waals surface area contributed by atoms with Gasteiger partial charge in [0, 0.05) is 15.7 Å². The molecule has 18 heavy (non-hydrogen) atoms. The van der Waals surface area contributed by atoms with Gasteiger partial charge in [0.05, 0.1) is 0 Å². The summed E-state index contributed by atoms with van der Waals surface area (Å²) in [5, 5.41) is 4.09. The zero-order valence-corrected chi connectivity index (χ0v) is 12.7. The van der Waals surface area contributed by atoms with Gasteiger partial charge in [0.25, 0.3) is 5.91 Å². The number of nitrogens with one attached hydrogen (secondary N) is 1. The number of aryl methyl sites for hydroxylation is 1. The maximum Gasteiger partial charge on any atom is 0.271 e. The summed E-state index contributed by atoms with van der Waals surface area (Å²) in [6.07, 6.45) is 3.15. The molecule has 0 atom stereocenters. The fourth-order valence-electron chi connectivity index (χ4n) is 1.43. The fourth-order valence-corrected chi connectivity index (χ4v) is 1.81. The maximum atomic E-state index is 11.8. The van der Waals surface area contributed by atoms with Crippen molar-refractivity contribution in [3.63, 3.8) is 0 Å². The molecule has 1 N–H and O–H groups in total. The number of carbonyl (C=O) groups is 1. The summed E-state index contributed by atoms with van der Waals surface area (Å²) in [6, 6.07) is 5.51. The summed E-state index contributed by atoms with van der Waals surface area (Å²) >= 11 is 3.41. The SMILES string of the molecule is CCCCC(C)=NNC(=O)c1ccc(C)c(Br)c1. The molecule has 0 radical (unpaired) electrons. The molecule has 0 aliphatic heterocycles. The summed E-state index contributed by atoms with van der Waals surface area (Å²) in [4.78, 5) is 11.8. The van der Waals surface area contributed by atoms with Crippen LogP contribution in [0.3, 0.4) is 0 Å². The topological polar surface area (TPSA) is 41.5 Å². The molecule has 0 unspecified atom stereocenters. The van der Waals surface area contributed by atoms with E-state index in [1.165, 1.54) is 0 Å². The molecular formula is C14H19BrN2O. The summed E-state index contributed by atoms with van der Waals surface area (Å²) in [5.74, 6) is -0.174. The first-order valence-electron chi connectivity index (χ1n) is 6.14. The Labute approximate surface area is 117 Å². The molecule has 1 aromatic rings. The lowest BCUT2D eigenvalue weighted by Crippen LogP contribution is -2.19. The lowest BCUT2D eigenvalue weighted by atomic mass is 10.1. The van der Waals surface area contributed by atoms with E-state index in [1.54, 1.807) is 6.07 Å². The second-order valence-electron chi connectivity index (χ2n) is 4.36. The predicted molar refractivity (Wildman–Crippen MR) is 79.0 cm³/mol. The third-order valence-electron chi connectivity index (χ3n) is 2.67. The highest BCUT2D eigenvalue weighted by Gasteiger charge is 2.06. The molecule has 0 aliphatic rings. The molecule has 0 saturated heterocycles. The van der Waals surface area contributed by atoms with Crippen LogP contribution < -0.4 is 5.43 Å². The highest BCUT2D eigenvalue weighted by Crippen LogP contribution is 2.17. The fraction of sp³-hybridized carbons (Fsp3) is 0.429. The Bertz CT molecular complexity index is 455. The van der Waals surface area contributed by atoms with E-state index in [1.807, 2.05) is 26.0 Å². The molecule has 0 heterocycles. The van der Waals surface area contributed by atoms with Gasteiger partial charge >= 0.3 is 0 Å². The molecule has 4 heteroatoms. The summed E-state index contributed by atoms with van der Waals surface area (Å²) in [6.45, 7) is 6.05. The van der Waals surface area contributed by atoms with Gasteiger partial charge < -0.3 is 0 Å². The Balaban J connectivity index is 2.62. The number of hydrogen-bond acceptors (Lipinski definition) is 2. The number of hydrogen-bond donors (Lipinski definition) is 1. The van der Waals surface area contributed by atoms with Crippen molar-refractivity contribution in [2.24, 2.45) is 5.10 Å². The van der Waals surface area contributed by atoms with E-state index in [2.05, 4.69) is 33.4 Å². The summed E-state index contributed by atoms with van der Waals surface area (Å²) in [5.41, 5.74) is 5.25. The van der Waals surface area contributed by atoms with Crippen molar-refractivity contribution in [1.29, 1.82) is 0 Å². The van der Waals surface area contributed by atoms with Crippen molar-refractivity contribution in [1.82, 2.24) is 5.43 Å². The molecule has 0 fully saturated rings. The summed E-state index contributed by atoms with van der Waals surface area (Å²) in [7, 11) is 0. The van der Waals surface area contributed by atoms with Gasteiger partial charge in [-0.3, -0.25) is 4.79 Å². The average molecular weight is 311 g/mol. The highest BCUT2D eigenvalue weighted by molar-refractivity contribution is 9.10. The number of rotatable bonds is 5. The monoisotopic (exact) mass is 310 g/mol. The van der Waals surface area contributed by atoms with Crippen LogP contribution in [-0.4, -0.2) is 11.6 Å². The summed E-state index contributed by atoms with van der Waals surface area (Å²) < 4.78 is 0.932. The van der Waals surface area contributed by atoms with Crippen LogP contribution in [0.4, 0.5) is 0 Å². The number of carbonyl (C=O) groups excluding carboxylic acids is 1. The Morgan fingerprint density at radius 1 is 1.44 bits per heavy atom. The molecule has 0 bridgehead atoms. The van der Waals surface area contributed by atoms with Crippen molar-refractivity contribution in [3.05, 3.63) is 33.8 Å². The van der Waals surface area contributed by atoms with Gasteiger partial charge in [-0.15, -0.1) is 0 Å².